The molecular formula is C17H21ClO. The molecular weight excluding hydrogens is 256 g/mol. The SMILES string of the molecule is CC1(Oc2ccc(Cl)cc2)C2CC3CC(C2)CC1C3. The van der Waals surface area contributed by atoms with Crippen LogP contribution in [0.25, 0.3) is 0 Å². The highest BCUT2D eigenvalue weighted by Gasteiger charge is 2.56. The van der Waals surface area contributed by atoms with Crippen molar-refractivity contribution in [2.75, 3.05) is 0 Å². The smallest absolute Gasteiger partial charge is 0.120 e. The third kappa shape index (κ3) is 1.89. The van der Waals surface area contributed by atoms with Gasteiger partial charge in [-0.3, -0.25) is 0 Å². The highest BCUT2D eigenvalue weighted by atomic mass is 35.5. The van der Waals surface area contributed by atoms with E-state index in [-0.39, 0.29) is 5.60 Å². The predicted molar refractivity (Wildman–Crippen MR) is 77.5 cm³/mol. The maximum atomic E-state index is 6.48. The first kappa shape index (κ1) is 12.1. The van der Waals surface area contributed by atoms with E-state index in [1.165, 1.54) is 32.1 Å². The van der Waals surface area contributed by atoms with Gasteiger partial charge in [-0.2, -0.15) is 0 Å². The minimum Gasteiger partial charge on any atom is -0.487 e. The van der Waals surface area contributed by atoms with Crippen LogP contribution in [0, 0.1) is 23.7 Å². The van der Waals surface area contributed by atoms with Gasteiger partial charge in [0.15, 0.2) is 0 Å². The first-order valence-corrected chi connectivity index (χ1v) is 7.96. The lowest BCUT2D eigenvalue weighted by Gasteiger charge is -2.59. The highest BCUT2D eigenvalue weighted by molar-refractivity contribution is 6.30. The van der Waals surface area contributed by atoms with Gasteiger partial charge in [0.25, 0.3) is 0 Å². The molecule has 1 nitrogen and oxygen atoms in total. The fraction of sp³-hybridized carbons (Fsp3) is 0.647. The third-order valence-electron chi connectivity index (χ3n) is 5.91. The molecule has 1 aromatic carbocycles. The van der Waals surface area contributed by atoms with E-state index in [4.69, 9.17) is 16.3 Å². The minimum absolute atomic E-state index is 0.0568. The summed E-state index contributed by atoms with van der Waals surface area (Å²) in [6.07, 6.45) is 7.03. The van der Waals surface area contributed by atoms with E-state index < -0.39 is 0 Å². The Labute approximate surface area is 120 Å². The molecule has 102 valence electrons. The van der Waals surface area contributed by atoms with Gasteiger partial charge < -0.3 is 4.74 Å². The maximum Gasteiger partial charge on any atom is 0.120 e. The van der Waals surface area contributed by atoms with Crippen LogP contribution >= 0.6 is 11.6 Å². The molecule has 0 heterocycles. The van der Waals surface area contributed by atoms with E-state index in [9.17, 15) is 0 Å². The molecule has 0 spiro atoms. The Morgan fingerprint density at radius 3 is 2.00 bits per heavy atom. The average Bonchev–Trinajstić information content (AvgIpc) is 2.38. The van der Waals surface area contributed by atoms with E-state index in [0.717, 1.165) is 34.4 Å². The van der Waals surface area contributed by atoms with Crippen molar-refractivity contribution in [1.82, 2.24) is 0 Å². The van der Waals surface area contributed by atoms with Gasteiger partial charge in [0.1, 0.15) is 11.4 Å². The molecule has 0 radical (unpaired) electrons. The van der Waals surface area contributed by atoms with Crippen LogP contribution in [0.2, 0.25) is 5.02 Å². The number of ether oxygens (including phenoxy) is 1. The van der Waals surface area contributed by atoms with Gasteiger partial charge in [0.2, 0.25) is 0 Å². The lowest BCUT2D eigenvalue weighted by Crippen LogP contribution is -2.59. The summed E-state index contributed by atoms with van der Waals surface area (Å²) in [5.74, 6) is 4.49. The molecule has 1 aromatic rings. The summed E-state index contributed by atoms with van der Waals surface area (Å²) in [6.45, 7) is 2.36. The van der Waals surface area contributed by atoms with Crippen molar-refractivity contribution in [3.8, 4) is 5.75 Å². The van der Waals surface area contributed by atoms with E-state index in [1.807, 2.05) is 24.3 Å². The molecule has 4 saturated carbocycles. The van der Waals surface area contributed by atoms with Crippen molar-refractivity contribution in [2.24, 2.45) is 23.7 Å². The Morgan fingerprint density at radius 2 is 1.47 bits per heavy atom. The standard InChI is InChI=1S/C17H21ClO/c1-17(19-16-4-2-15(18)3-5-16)13-7-11-6-12(9-13)10-14(17)8-11/h2-5,11-14H,6-10H2,1H3. The largest absolute Gasteiger partial charge is 0.487 e. The zero-order valence-corrected chi connectivity index (χ0v) is 12.2. The van der Waals surface area contributed by atoms with Gasteiger partial charge in [0, 0.05) is 5.02 Å². The van der Waals surface area contributed by atoms with Gasteiger partial charge >= 0.3 is 0 Å². The Kier molecular flexibility index (Phi) is 2.64. The predicted octanol–water partition coefficient (Wildman–Crippen LogP) is 4.93. The minimum atomic E-state index is 0.0568. The molecule has 0 saturated heterocycles. The summed E-state index contributed by atoms with van der Waals surface area (Å²) in [7, 11) is 0. The van der Waals surface area contributed by atoms with Crippen LogP contribution in [-0.4, -0.2) is 5.60 Å². The first-order valence-electron chi connectivity index (χ1n) is 7.58. The van der Waals surface area contributed by atoms with E-state index >= 15 is 0 Å². The third-order valence-corrected chi connectivity index (χ3v) is 6.16. The van der Waals surface area contributed by atoms with Crippen LogP contribution in [0.15, 0.2) is 24.3 Å². The van der Waals surface area contributed by atoms with Crippen molar-refractivity contribution < 1.29 is 4.74 Å². The Morgan fingerprint density at radius 1 is 0.947 bits per heavy atom. The van der Waals surface area contributed by atoms with Crippen LogP contribution in [0.5, 0.6) is 5.75 Å². The average molecular weight is 277 g/mol. The second-order valence-corrected chi connectivity index (χ2v) is 7.48. The monoisotopic (exact) mass is 276 g/mol. The quantitative estimate of drug-likeness (QED) is 0.744. The van der Waals surface area contributed by atoms with E-state index in [2.05, 4.69) is 6.92 Å². The molecule has 0 unspecified atom stereocenters. The summed E-state index contributed by atoms with van der Waals surface area (Å²) in [6, 6.07) is 7.88. The van der Waals surface area contributed by atoms with Crippen LogP contribution in [0.3, 0.4) is 0 Å². The molecule has 4 bridgehead atoms. The zero-order valence-electron chi connectivity index (χ0n) is 11.4. The second-order valence-electron chi connectivity index (χ2n) is 7.04. The van der Waals surface area contributed by atoms with Crippen LogP contribution in [0.1, 0.15) is 39.0 Å². The van der Waals surface area contributed by atoms with Crippen LogP contribution in [0.4, 0.5) is 0 Å². The van der Waals surface area contributed by atoms with Gasteiger partial charge in [-0.1, -0.05) is 11.6 Å². The van der Waals surface area contributed by atoms with E-state index in [0.29, 0.717) is 0 Å². The summed E-state index contributed by atoms with van der Waals surface area (Å²) in [4.78, 5) is 0. The molecule has 2 heteroatoms. The second kappa shape index (κ2) is 4.15. The topological polar surface area (TPSA) is 9.23 Å². The highest BCUT2D eigenvalue weighted by Crippen LogP contribution is 2.59. The number of halogens is 1. The van der Waals surface area contributed by atoms with Gasteiger partial charge in [-0.05, 0) is 87.0 Å². The molecule has 5 rings (SSSR count). The lowest BCUT2D eigenvalue weighted by atomic mass is 9.50. The molecule has 4 aliphatic rings. The summed E-state index contributed by atoms with van der Waals surface area (Å²) < 4.78 is 6.48. The summed E-state index contributed by atoms with van der Waals surface area (Å²) >= 11 is 5.95. The number of benzene rings is 1. The zero-order chi connectivity index (χ0) is 13.0. The molecule has 0 N–H and O–H groups in total. The van der Waals surface area contributed by atoms with Crippen molar-refractivity contribution >= 4 is 11.6 Å². The maximum absolute atomic E-state index is 6.48. The van der Waals surface area contributed by atoms with Crippen molar-refractivity contribution in [2.45, 2.75) is 44.6 Å². The Balaban J connectivity index is 1.61. The molecule has 0 aliphatic heterocycles. The van der Waals surface area contributed by atoms with Gasteiger partial charge in [-0.15, -0.1) is 0 Å². The molecule has 0 aromatic heterocycles. The normalized spacial score (nSPS) is 43.5. The molecule has 4 fully saturated rings. The molecule has 0 atom stereocenters. The lowest BCUT2D eigenvalue weighted by molar-refractivity contribution is -0.145. The molecule has 4 aliphatic carbocycles. The fourth-order valence-electron chi connectivity index (χ4n) is 5.04. The van der Waals surface area contributed by atoms with Gasteiger partial charge in [0.05, 0.1) is 0 Å². The Bertz CT molecular complexity index is 451. The fourth-order valence-corrected chi connectivity index (χ4v) is 5.17. The van der Waals surface area contributed by atoms with Crippen LogP contribution in [-0.2, 0) is 0 Å². The molecule has 19 heavy (non-hydrogen) atoms. The van der Waals surface area contributed by atoms with Crippen LogP contribution < -0.4 is 4.74 Å². The van der Waals surface area contributed by atoms with E-state index in [1.54, 1.807) is 0 Å². The number of rotatable bonds is 2. The van der Waals surface area contributed by atoms with Crippen molar-refractivity contribution in [3.05, 3.63) is 29.3 Å². The van der Waals surface area contributed by atoms with Crippen molar-refractivity contribution in [3.63, 3.8) is 0 Å². The molecule has 0 amide bonds. The number of hydrogen-bond acceptors (Lipinski definition) is 1. The summed E-state index contributed by atoms with van der Waals surface area (Å²) in [5.41, 5.74) is 0.0568. The summed E-state index contributed by atoms with van der Waals surface area (Å²) in [5, 5.41) is 0.780. The van der Waals surface area contributed by atoms with Crippen molar-refractivity contribution in [1.29, 1.82) is 0 Å². The van der Waals surface area contributed by atoms with Gasteiger partial charge in [-0.25, -0.2) is 0 Å². The Hall–Kier alpha value is -0.690. The first-order chi connectivity index (χ1) is 9.13. The number of hydrogen-bond donors (Lipinski definition) is 0.